The van der Waals surface area contributed by atoms with Crippen LogP contribution in [0.25, 0.3) is 11.0 Å². The average molecular weight is 980 g/mol. The standard InChI is InChI=1S/C54H65N3O12S/c1-7-34-32-55-18-16-35-26-48(63-3)50(65-5)30-42(35)45(55)24-37(34)25-46-43-31-51(66-6)49(64-4)27-36(43)17-19-57(46)54(59)52-28-38(44-33-68-47-11-9-8-10-41(44)47)29-53(69-52)67-23-21-56(20-22-58)70(60,61)40-14-12-39(62-2)13-15-40/h8-15,26-28,30-31,33-34,37-38,45-46,53,58H,7,16-25,29,32H2,1-6H3/t34-,37+,38+,45-,46+,53-/m0/s1. The molecule has 0 aliphatic carbocycles. The molecule has 4 aliphatic rings. The van der Waals surface area contributed by atoms with Crippen LogP contribution in [0.4, 0.5) is 0 Å². The Bertz CT molecular complexity index is 2790. The first-order valence-electron chi connectivity index (χ1n) is 24.3. The number of ether oxygens (including phenoxy) is 7. The maximum Gasteiger partial charge on any atom is 0.289 e. The van der Waals surface area contributed by atoms with E-state index >= 15 is 4.79 Å². The summed E-state index contributed by atoms with van der Waals surface area (Å²) in [5.74, 6) is 3.43. The number of carbonyl (C=O) groups is 1. The topological polar surface area (TPSA) is 159 Å². The molecular formula is C54H65N3O12S. The van der Waals surface area contributed by atoms with Gasteiger partial charge in [0.1, 0.15) is 11.3 Å². The Hall–Kier alpha value is -5.78. The van der Waals surface area contributed by atoms with Crippen LogP contribution in [0.5, 0.6) is 28.7 Å². The maximum absolute atomic E-state index is 15.5. The third-order valence-corrected chi connectivity index (χ3v) is 16.9. The number of hydrogen-bond donors (Lipinski definition) is 1. The Balaban J connectivity index is 1.03. The van der Waals surface area contributed by atoms with Gasteiger partial charge in [-0.15, -0.1) is 0 Å². The molecule has 6 atom stereocenters. The summed E-state index contributed by atoms with van der Waals surface area (Å²) >= 11 is 0. The number of aliphatic hydroxyl groups is 1. The van der Waals surface area contributed by atoms with Gasteiger partial charge in [0.25, 0.3) is 5.91 Å². The first-order chi connectivity index (χ1) is 34.0. The van der Waals surface area contributed by atoms with Gasteiger partial charge < -0.3 is 47.6 Å². The molecule has 374 valence electrons. The lowest BCUT2D eigenvalue weighted by atomic mass is 9.72. The number of amides is 1. The van der Waals surface area contributed by atoms with Crippen LogP contribution in [0.1, 0.15) is 78.4 Å². The van der Waals surface area contributed by atoms with E-state index in [0.717, 1.165) is 71.5 Å². The summed E-state index contributed by atoms with van der Waals surface area (Å²) < 4.78 is 76.2. The summed E-state index contributed by atoms with van der Waals surface area (Å²) in [7, 11) is 4.14. The predicted molar refractivity (Wildman–Crippen MR) is 263 cm³/mol. The molecule has 1 N–H and O–H groups in total. The van der Waals surface area contributed by atoms with Crippen LogP contribution in [0.2, 0.25) is 0 Å². The van der Waals surface area contributed by atoms with Crippen LogP contribution >= 0.6 is 0 Å². The Morgan fingerprint density at radius 3 is 2.14 bits per heavy atom. The summed E-state index contributed by atoms with van der Waals surface area (Å²) in [6, 6.07) is 22.1. The summed E-state index contributed by atoms with van der Waals surface area (Å²) in [6.07, 6.45) is 7.19. The number of rotatable bonds is 18. The quantitative estimate of drug-likeness (QED) is 0.0900. The van der Waals surface area contributed by atoms with Crippen LogP contribution in [0, 0.1) is 11.8 Å². The number of piperidine rings is 1. The molecule has 0 spiro atoms. The van der Waals surface area contributed by atoms with Gasteiger partial charge >= 0.3 is 0 Å². The van der Waals surface area contributed by atoms with E-state index in [2.05, 4.69) is 30.0 Å². The fraction of sp³-hybridized carbons (Fsp3) is 0.463. The molecule has 4 aliphatic heterocycles. The number of hydrogen-bond acceptors (Lipinski definition) is 13. The number of carbonyl (C=O) groups excluding carboxylic acids is 1. The van der Waals surface area contributed by atoms with Gasteiger partial charge in [-0.3, -0.25) is 9.69 Å². The number of fused-ring (bicyclic) bond motifs is 5. The number of sulfonamides is 1. The summed E-state index contributed by atoms with van der Waals surface area (Å²) in [5, 5.41) is 10.9. The Labute approximate surface area is 410 Å². The van der Waals surface area contributed by atoms with Crippen molar-refractivity contribution in [3.05, 3.63) is 119 Å². The van der Waals surface area contributed by atoms with Crippen LogP contribution in [0.15, 0.2) is 100 Å². The van der Waals surface area contributed by atoms with Gasteiger partial charge in [0.15, 0.2) is 28.8 Å². The third kappa shape index (κ3) is 9.68. The number of allylic oxidation sites excluding steroid dienone is 1. The third-order valence-electron chi connectivity index (χ3n) is 15.0. The zero-order valence-corrected chi connectivity index (χ0v) is 41.7. The highest BCUT2D eigenvalue weighted by Crippen LogP contribution is 2.50. The monoisotopic (exact) mass is 979 g/mol. The zero-order valence-electron chi connectivity index (χ0n) is 40.9. The molecule has 5 heterocycles. The minimum atomic E-state index is -4.00. The van der Waals surface area contributed by atoms with E-state index in [-0.39, 0.29) is 66.8 Å². The molecule has 0 bridgehead atoms. The number of para-hydroxylation sites is 1. The molecule has 5 aromatic rings. The average Bonchev–Trinajstić information content (AvgIpc) is 3.83. The SMILES string of the molecule is CC[C@H]1CN2CCc3cc(OC)c(OC)cc3[C@@H]2C[C@@H]1C[C@@H]1c2cc(OC)c(OC)cc2CCN1C(=O)C1=C[C@@H](c2coc3ccccc23)C[C@@H](OCCN(CCO)S(=O)(=O)c2ccc(OC)cc2)O1. The van der Waals surface area contributed by atoms with E-state index in [9.17, 15) is 13.5 Å². The van der Waals surface area contributed by atoms with Crippen LogP contribution in [-0.2, 0) is 37.1 Å². The van der Waals surface area contributed by atoms with Crippen molar-refractivity contribution in [2.45, 2.75) is 74.6 Å². The van der Waals surface area contributed by atoms with Crippen molar-refractivity contribution in [1.29, 1.82) is 0 Å². The van der Waals surface area contributed by atoms with E-state index < -0.39 is 16.3 Å². The lowest BCUT2D eigenvalue weighted by molar-refractivity contribution is -0.155. The van der Waals surface area contributed by atoms with E-state index in [1.165, 1.54) is 34.7 Å². The fourth-order valence-electron chi connectivity index (χ4n) is 11.3. The smallest absolute Gasteiger partial charge is 0.289 e. The van der Waals surface area contributed by atoms with Gasteiger partial charge in [-0.05, 0) is 120 Å². The Morgan fingerprint density at radius 2 is 1.46 bits per heavy atom. The van der Waals surface area contributed by atoms with Crippen LogP contribution in [-0.4, -0.2) is 121 Å². The molecule has 70 heavy (non-hydrogen) atoms. The number of methoxy groups -OCH3 is 5. The van der Waals surface area contributed by atoms with Gasteiger partial charge in [0.05, 0.1) is 66.0 Å². The lowest BCUT2D eigenvalue weighted by Crippen LogP contribution is -2.48. The van der Waals surface area contributed by atoms with Gasteiger partial charge in [0.2, 0.25) is 16.3 Å². The van der Waals surface area contributed by atoms with Crippen LogP contribution in [0.3, 0.4) is 0 Å². The summed E-state index contributed by atoms with van der Waals surface area (Å²) in [6.45, 7) is 3.96. The summed E-state index contributed by atoms with van der Waals surface area (Å²) in [4.78, 5) is 20.2. The van der Waals surface area contributed by atoms with Crippen molar-refractivity contribution in [2.24, 2.45) is 11.8 Å². The first-order valence-corrected chi connectivity index (χ1v) is 25.7. The largest absolute Gasteiger partial charge is 0.497 e. The van der Waals surface area contributed by atoms with E-state index in [1.54, 1.807) is 46.8 Å². The maximum atomic E-state index is 15.5. The zero-order chi connectivity index (χ0) is 49.1. The van der Waals surface area contributed by atoms with Gasteiger partial charge in [-0.2, -0.15) is 4.31 Å². The van der Waals surface area contributed by atoms with Crippen molar-refractivity contribution in [2.75, 3.05) is 81.5 Å². The Kier molecular flexibility index (Phi) is 15.0. The van der Waals surface area contributed by atoms with Crippen molar-refractivity contribution in [3.8, 4) is 28.7 Å². The highest BCUT2D eigenvalue weighted by molar-refractivity contribution is 7.89. The normalized spacial score (nSPS) is 22.3. The van der Waals surface area contributed by atoms with E-state index in [1.807, 2.05) is 41.3 Å². The van der Waals surface area contributed by atoms with Gasteiger partial charge in [0, 0.05) is 62.1 Å². The predicted octanol–water partition coefficient (Wildman–Crippen LogP) is 8.05. The van der Waals surface area contributed by atoms with Gasteiger partial charge in [-0.25, -0.2) is 8.42 Å². The van der Waals surface area contributed by atoms with E-state index in [4.69, 9.17) is 37.6 Å². The van der Waals surface area contributed by atoms with Crippen LogP contribution < -0.4 is 23.7 Å². The molecule has 1 fully saturated rings. The number of aliphatic hydroxyl groups excluding tert-OH is 1. The van der Waals surface area contributed by atoms with Crippen molar-refractivity contribution in [1.82, 2.24) is 14.1 Å². The first kappa shape index (κ1) is 49.2. The molecular weight excluding hydrogens is 915 g/mol. The van der Waals surface area contributed by atoms with Crippen molar-refractivity contribution < 1.29 is 55.9 Å². The minimum Gasteiger partial charge on any atom is -0.497 e. The highest BCUT2D eigenvalue weighted by Gasteiger charge is 2.44. The molecule has 0 unspecified atom stereocenters. The fourth-order valence-corrected chi connectivity index (χ4v) is 12.7. The van der Waals surface area contributed by atoms with Crippen molar-refractivity contribution >= 4 is 26.9 Å². The molecule has 9 rings (SSSR count). The Morgan fingerprint density at radius 1 is 0.786 bits per heavy atom. The second-order valence-corrected chi connectivity index (χ2v) is 20.5. The number of benzene rings is 4. The minimum absolute atomic E-state index is 0.0624. The van der Waals surface area contributed by atoms with Gasteiger partial charge in [-0.1, -0.05) is 31.5 Å². The molecule has 1 aromatic heterocycles. The molecule has 16 heteroatoms. The molecule has 4 aromatic carbocycles. The second kappa shape index (κ2) is 21.3. The van der Waals surface area contributed by atoms with Crippen molar-refractivity contribution in [3.63, 3.8) is 0 Å². The highest BCUT2D eigenvalue weighted by atomic mass is 32.2. The molecule has 0 saturated carbocycles. The molecule has 1 saturated heterocycles. The van der Waals surface area contributed by atoms with E-state index in [0.29, 0.717) is 49.0 Å². The lowest BCUT2D eigenvalue weighted by Gasteiger charge is -2.49. The summed E-state index contributed by atoms with van der Waals surface area (Å²) in [5.41, 5.74) is 6.29. The molecule has 1 amide bonds. The second-order valence-electron chi connectivity index (χ2n) is 18.5. The molecule has 15 nitrogen and oxygen atoms in total. The molecule has 0 radical (unpaired) electrons. The number of furan rings is 1. The number of nitrogens with zero attached hydrogens (tertiary/aromatic N) is 3.